The van der Waals surface area contributed by atoms with Crippen LogP contribution in [0.5, 0.6) is 0 Å². The molecule has 0 aromatic carbocycles. The maximum atomic E-state index is 10.7. The van der Waals surface area contributed by atoms with Gasteiger partial charge in [-0.05, 0) is 12.8 Å². The van der Waals surface area contributed by atoms with Crippen LogP contribution in [0.3, 0.4) is 0 Å². The maximum absolute atomic E-state index is 10.7. The zero-order valence-corrected chi connectivity index (χ0v) is 8.95. The normalized spacial score (nSPS) is 33.1. The summed E-state index contributed by atoms with van der Waals surface area (Å²) >= 11 is 0. The van der Waals surface area contributed by atoms with E-state index in [2.05, 4.69) is 5.32 Å². The Hall–Kier alpha value is -0.610. The number of nitrogens with one attached hydrogen (secondary N) is 1. The zero-order chi connectivity index (χ0) is 10.7. The molecule has 86 valence electrons. The van der Waals surface area contributed by atoms with E-state index in [0.29, 0.717) is 19.1 Å². The number of ether oxygens (including phenoxy) is 1. The Labute approximate surface area is 90.0 Å². The van der Waals surface area contributed by atoms with Crippen molar-refractivity contribution < 1.29 is 14.6 Å². The predicted molar refractivity (Wildman–Crippen MR) is 55.8 cm³/mol. The first-order valence-electron chi connectivity index (χ1n) is 5.87. The fraction of sp³-hybridized carbons (Fsp3) is 0.909. The van der Waals surface area contributed by atoms with Gasteiger partial charge in [-0.25, -0.2) is 0 Å². The molecule has 2 fully saturated rings. The largest absolute Gasteiger partial charge is 0.480 e. The molecule has 1 aliphatic heterocycles. The predicted octanol–water partition coefficient (Wildman–Crippen LogP) is 1.15. The van der Waals surface area contributed by atoms with E-state index in [1.54, 1.807) is 0 Å². The molecule has 0 spiro atoms. The number of carboxylic acid groups (broad SMARTS) is 1. The van der Waals surface area contributed by atoms with Crippen LogP contribution in [-0.2, 0) is 9.53 Å². The maximum Gasteiger partial charge on any atom is 0.320 e. The molecule has 0 radical (unpaired) electrons. The van der Waals surface area contributed by atoms with Crippen molar-refractivity contribution in [1.82, 2.24) is 5.32 Å². The van der Waals surface area contributed by atoms with Crippen molar-refractivity contribution in [2.75, 3.05) is 6.54 Å². The van der Waals surface area contributed by atoms with E-state index < -0.39 is 12.0 Å². The SMILES string of the molecule is O=C(O)C1CC(OC2CCCCC2)CN1. The minimum atomic E-state index is -0.759. The van der Waals surface area contributed by atoms with Crippen LogP contribution < -0.4 is 5.32 Å². The number of carbonyl (C=O) groups is 1. The summed E-state index contributed by atoms with van der Waals surface area (Å²) < 4.78 is 5.91. The van der Waals surface area contributed by atoms with Crippen molar-refractivity contribution in [2.45, 2.75) is 56.8 Å². The summed E-state index contributed by atoms with van der Waals surface area (Å²) in [6.07, 6.45) is 7.22. The number of hydrogen-bond acceptors (Lipinski definition) is 3. The molecule has 0 aromatic rings. The first kappa shape index (κ1) is 10.9. The Bertz CT molecular complexity index is 226. The van der Waals surface area contributed by atoms with E-state index in [9.17, 15) is 4.79 Å². The van der Waals surface area contributed by atoms with Gasteiger partial charge in [0.1, 0.15) is 6.04 Å². The molecule has 1 saturated heterocycles. The van der Waals surface area contributed by atoms with Crippen LogP contribution in [0.1, 0.15) is 38.5 Å². The van der Waals surface area contributed by atoms with Gasteiger partial charge >= 0.3 is 5.97 Å². The average Bonchev–Trinajstić information content (AvgIpc) is 2.68. The smallest absolute Gasteiger partial charge is 0.320 e. The molecule has 2 aliphatic rings. The molecule has 2 atom stereocenters. The summed E-state index contributed by atoms with van der Waals surface area (Å²) in [5, 5.41) is 11.8. The number of aliphatic carboxylic acids is 1. The molecule has 1 aliphatic carbocycles. The van der Waals surface area contributed by atoms with Gasteiger partial charge in [0.2, 0.25) is 0 Å². The zero-order valence-electron chi connectivity index (χ0n) is 8.95. The molecule has 2 rings (SSSR count). The molecule has 2 N–H and O–H groups in total. The molecule has 0 amide bonds. The summed E-state index contributed by atoms with van der Waals surface area (Å²) in [6, 6.07) is -0.404. The second kappa shape index (κ2) is 4.94. The van der Waals surface area contributed by atoms with Crippen LogP contribution >= 0.6 is 0 Å². The molecule has 0 aromatic heterocycles. The van der Waals surface area contributed by atoms with Gasteiger partial charge < -0.3 is 15.2 Å². The lowest BCUT2D eigenvalue weighted by Crippen LogP contribution is -2.30. The summed E-state index contributed by atoms with van der Waals surface area (Å²) in [4.78, 5) is 10.7. The summed E-state index contributed by atoms with van der Waals surface area (Å²) in [6.45, 7) is 0.688. The topological polar surface area (TPSA) is 58.6 Å². The highest BCUT2D eigenvalue weighted by Gasteiger charge is 2.31. The first-order valence-corrected chi connectivity index (χ1v) is 5.87. The van der Waals surface area contributed by atoms with E-state index in [0.717, 1.165) is 12.8 Å². The van der Waals surface area contributed by atoms with E-state index in [-0.39, 0.29) is 6.10 Å². The van der Waals surface area contributed by atoms with Gasteiger partial charge in [0.05, 0.1) is 12.2 Å². The van der Waals surface area contributed by atoms with Crippen LogP contribution in [0.25, 0.3) is 0 Å². The van der Waals surface area contributed by atoms with Gasteiger partial charge in [-0.3, -0.25) is 4.79 Å². The molecule has 0 bridgehead atoms. The van der Waals surface area contributed by atoms with Gasteiger partial charge in [0, 0.05) is 13.0 Å². The van der Waals surface area contributed by atoms with Crippen molar-refractivity contribution in [1.29, 1.82) is 0 Å². The lowest BCUT2D eigenvalue weighted by Gasteiger charge is -2.25. The highest BCUT2D eigenvalue weighted by molar-refractivity contribution is 5.73. The minimum absolute atomic E-state index is 0.106. The van der Waals surface area contributed by atoms with E-state index in [1.165, 1.54) is 19.3 Å². The van der Waals surface area contributed by atoms with E-state index in [4.69, 9.17) is 9.84 Å². The van der Waals surface area contributed by atoms with Crippen LogP contribution in [0.4, 0.5) is 0 Å². The third kappa shape index (κ3) is 2.92. The minimum Gasteiger partial charge on any atom is -0.480 e. The molecule has 1 saturated carbocycles. The van der Waals surface area contributed by atoms with Gasteiger partial charge in [-0.15, -0.1) is 0 Å². The fourth-order valence-electron chi connectivity index (χ4n) is 2.47. The Morgan fingerprint density at radius 3 is 2.53 bits per heavy atom. The number of carboxylic acids is 1. The Morgan fingerprint density at radius 1 is 1.20 bits per heavy atom. The standard InChI is InChI=1S/C11H19NO3/c13-11(14)10-6-9(7-12-10)15-8-4-2-1-3-5-8/h8-10,12H,1-7H2,(H,13,14). The second-order valence-corrected chi connectivity index (χ2v) is 4.55. The lowest BCUT2D eigenvalue weighted by atomic mass is 9.97. The van der Waals surface area contributed by atoms with Gasteiger partial charge in [-0.2, -0.15) is 0 Å². The third-order valence-corrected chi connectivity index (χ3v) is 3.33. The molecule has 4 nitrogen and oxygen atoms in total. The number of rotatable bonds is 3. The van der Waals surface area contributed by atoms with Crippen molar-refractivity contribution in [3.63, 3.8) is 0 Å². The Morgan fingerprint density at radius 2 is 1.93 bits per heavy atom. The van der Waals surface area contributed by atoms with Crippen LogP contribution in [-0.4, -0.2) is 35.9 Å². The third-order valence-electron chi connectivity index (χ3n) is 3.33. The average molecular weight is 213 g/mol. The van der Waals surface area contributed by atoms with Crippen LogP contribution in [0.2, 0.25) is 0 Å². The molecule has 1 heterocycles. The van der Waals surface area contributed by atoms with Crippen molar-refractivity contribution >= 4 is 5.97 Å². The Kier molecular flexibility index (Phi) is 3.59. The van der Waals surface area contributed by atoms with Crippen LogP contribution in [0, 0.1) is 0 Å². The van der Waals surface area contributed by atoms with E-state index >= 15 is 0 Å². The van der Waals surface area contributed by atoms with E-state index in [1.807, 2.05) is 0 Å². The second-order valence-electron chi connectivity index (χ2n) is 4.55. The molecule has 2 unspecified atom stereocenters. The summed E-state index contributed by atoms with van der Waals surface area (Å²) in [7, 11) is 0. The molecule has 4 heteroatoms. The molecular formula is C11H19NO3. The highest BCUT2D eigenvalue weighted by atomic mass is 16.5. The summed E-state index contributed by atoms with van der Waals surface area (Å²) in [5.74, 6) is -0.759. The van der Waals surface area contributed by atoms with Crippen molar-refractivity contribution in [2.24, 2.45) is 0 Å². The van der Waals surface area contributed by atoms with Crippen molar-refractivity contribution in [3.05, 3.63) is 0 Å². The highest BCUT2D eigenvalue weighted by Crippen LogP contribution is 2.23. The van der Waals surface area contributed by atoms with Gasteiger partial charge in [0.25, 0.3) is 0 Å². The fourth-order valence-corrected chi connectivity index (χ4v) is 2.47. The molecular weight excluding hydrogens is 194 g/mol. The first-order chi connectivity index (χ1) is 7.25. The van der Waals surface area contributed by atoms with Crippen molar-refractivity contribution in [3.8, 4) is 0 Å². The van der Waals surface area contributed by atoms with Gasteiger partial charge in [-0.1, -0.05) is 19.3 Å². The summed E-state index contributed by atoms with van der Waals surface area (Å²) in [5.41, 5.74) is 0. The Balaban J connectivity index is 1.74. The molecule has 15 heavy (non-hydrogen) atoms. The number of hydrogen-bond donors (Lipinski definition) is 2. The van der Waals surface area contributed by atoms with Crippen LogP contribution in [0.15, 0.2) is 0 Å². The lowest BCUT2D eigenvalue weighted by molar-refractivity contribution is -0.139. The quantitative estimate of drug-likeness (QED) is 0.738. The van der Waals surface area contributed by atoms with Gasteiger partial charge in [0.15, 0.2) is 0 Å². The monoisotopic (exact) mass is 213 g/mol.